The maximum Gasteiger partial charge on any atom is 0.242 e. The van der Waals surface area contributed by atoms with Gasteiger partial charge in [-0.15, -0.1) is 23.7 Å². The number of rotatable bonds is 10. The zero-order valence-electron chi connectivity index (χ0n) is 17.1. The summed E-state index contributed by atoms with van der Waals surface area (Å²) in [4.78, 5) is 15.7. The predicted octanol–water partition coefficient (Wildman–Crippen LogP) is 4.62. The zero-order valence-corrected chi connectivity index (χ0v) is 18.7. The molecule has 0 fully saturated rings. The molecule has 2 aromatic rings. The van der Waals surface area contributed by atoms with Gasteiger partial charge in [0, 0.05) is 18.0 Å². The number of carbonyl (C=O) groups is 1. The summed E-state index contributed by atoms with van der Waals surface area (Å²) in [6.07, 6.45) is 1.54. The number of thiophene rings is 1. The summed E-state index contributed by atoms with van der Waals surface area (Å²) < 4.78 is 11.4. The second-order valence-electron chi connectivity index (χ2n) is 6.84. The average Bonchev–Trinajstić information content (AvgIpc) is 3.17. The molecule has 5 nitrogen and oxygen atoms in total. The lowest BCUT2D eigenvalue weighted by atomic mass is 9.95. The van der Waals surface area contributed by atoms with Crippen molar-refractivity contribution in [1.82, 2.24) is 4.90 Å². The lowest BCUT2D eigenvalue weighted by molar-refractivity contribution is -0.137. The summed E-state index contributed by atoms with van der Waals surface area (Å²) >= 11 is 1.66. The van der Waals surface area contributed by atoms with Crippen LogP contribution in [0.1, 0.15) is 44.1 Å². The molecular weight excluding hydrogens is 396 g/mol. The first kappa shape index (κ1) is 24.3. The van der Waals surface area contributed by atoms with Crippen LogP contribution < -0.4 is 15.2 Å². The first-order chi connectivity index (χ1) is 12.9. The number of hydrogen-bond donors (Lipinski definition) is 1. The van der Waals surface area contributed by atoms with Gasteiger partial charge in [0.15, 0.2) is 11.5 Å². The first-order valence-electron chi connectivity index (χ1n) is 9.31. The molecule has 1 unspecified atom stereocenters. The molecule has 28 heavy (non-hydrogen) atoms. The number of methoxy groups -OCH3 is 1. The molecule has 0 saturated carbocycles. The maximum absolute atomic E-state index is 12.8. The Morgan fingerprint density at radius 1 is 1.25 bits per heavy atom. The fourth-order valence-electron chi connectivity index (χ4n) is 3.01. The fraction of sp³-hybridized carbons (Fsp3) is 0.476. The Hall–Kier alpha value is -1.76. The number of hydrogen-bond acceptors (Lipinski definition) is 5. The number of carbonyl (C=O) groups excluding carboxylic acids is 1. The van der Waals surface area contributed by atoms with Crippen molar-refractivity contribution < 1.29 is 14.3 Å². The van der Waals surface area contributed by atoms with Gasteiger partial charge in [0.05, 0.1) is 12.6 Å². The SMILES string of the molecule is CCCC(C)(N)C(=O)N(CC)Cc1ccc(OCc2cccs2)c(OC)c1.Cl. The Kier molecular flexibility index (Phi) is 9.79. The molecule has 2 rings (SSSR count). The molecule has 0 spiro atoms. The Labute approximate surface area is 178 Å². The van der Waals surface area contributed by atoms with Gasteiger partial charge in [-0.3, -0.25) is 4.79 Å². The molecule has 0 aliphatic heterocycles. The molecule has 0 aliphatic rings. The topological polar surface area (TPSA) is 64.8 Å². The van der Waals surface area contributed by atoms with Crippen molar-refractivity contribution in [2.24, 2.45) is 5.73 Å². The number of ether oxygens (including phenoxy) is 2. The summed E-state index contributed by atoms with van der Waals surface area (Å²) in [5.41, 5.74) is 6.38. The molecule has 0 bridgehead atoms. The van der Waals surface area contributed by atoms with Gasteiger partial charge in [0.1, 0.15) is 6.61 Å². The van der Waals surface area contributed by atoms with Crippen molar-refractivity contribution in [3.63, 3.8) is 0 Å². The van der Waals surface area contributed by atoms with E-state index in [-0.39, 0.29) is 18.3 Å². The van der Waals surface area contributed by atoms with E-state index < -0.39 is 5.54 Å². The quantitative estimate of drug-likeness (QED) is 0.601. The van der Waals surface area contributed by atoms with Gasteiger partial charge < -0.3 is 20.1 Å². The molecule has 0 saturated heterocycles. The smallest absolute Gasteiger partial charge is 0.242 e. The van der Waals surface area contributed by atoms with Crippen LogP contribution in [0.2, 0.25) is 0 Å². The highest BCUT2D eigenvalue weighted by atomic mass is 35.5. The van der Waals surface area contributed by atoms with Gasteiger partial charge in [-0.25, -0.2) is 0 Å². The lowest BCUT2D eigenvalue weighted by Crippen LogP contribution is -2.52. The third-order valence-electron chi connectivity index (χ3n) is 4.48. The number of likely N-dealkylation sites (N-methyl/N-ethyl adjacent to an activating group) is 1. The normalized spacial score (nSPS) is 12.6. The number of amides is 1. The van der Waals surface area contributed by atoms with Gasteiger partial charge in [0.25, 0.3) is 0 Å². The third kappa shape index (κ3) is 6.40. The average molecular weight is 427 g/mol. The van der Waals surface area contributed by atoms with Crippen molar-refractivity contribution in [2.75, 3.05) is 13.7 Å². The van der Waals surface area contributed by atoms with E-state index >= 15 is 0 Å². The maximum atomic E-state index is 12.8. The molecule has 1 heterocycles. The van der Waals surface area contributed by atoms with Crippen LogP contribution in [0, 0.1) is 0 Å². The van der Waals surface area contributed by atoms with Crippen LogP contribution in [0.15, 0.2) is 35.7 Å². The van der Waals surface area contributed by atoms with Crippen LogP contribution in [0.25, 0.3) is 0 Å². The van der Waals surface area contributed by atoms with Gasteiger partial charge in [0.2, 0.25) is 5.91 Å². The number of nitrogens with zero attached hydrogens (tertiary/aromatic N) is 1. The molecular formula is C21H31ClN2O3S. The van der Waals surface area contributed by atoms with Gasteiger partial charge in [-0.2, -0.15) is 0 Å². The van der Waals surface area contributed by atoms with Gasteiger partial charge >= 0.3 is 0 Å². The molecule has 0 radical (unpaired) electrons. The zero-order chi connectivity index (χ0) is 19.9. The summed E-state index contributed by atoms with van der Waals surface area (Å²) in [6, 6.07) is 9.83. The molecule has 7 heteroatoms. The Balaban J connectivity index is 0.00000392. The van der Waals surface area contributed by atoms with E-state index in [0.717, 1.165) is 16.9 Å². The van der Waals surface area contributed by atoms with E-state index in [9.17, 15) is 4.79 Å². The molecule has 1 amide bonds. The van der Waals surface area contributed by atoms with Crippen LogP contribution in [-0.2, 0) is 17.9 Å². The first-order valence-corrected chi connectivity index (χ1v) is 10.2. The summed E-state index contributed by atoms with van der Waals surface area (Å²) in [6.45, 7) is 7.42. The largest absolute Gasteiger partial charge is 0.493 e. The minimum atomic E-state index is -0.835. The van der Waals surface area contributed by atoms with Crippen molar-refractivity contribution in [2.45, 2.75) is 52.3 Å². The van der Waals surface area contributed by atoms with Crippen molar-refractivity contribution in [3.05, 3.63) is 46.2 Å². The number of nitrogens with two attached hydrogens (primary N) is 1. The highest BCUT2D eigenvalue weighted by molar-refractivity contribution is 7.09. The summed E-state index contributed by atoms with van der Waals surface area (Å²) in [7, 11) is 1.62. The molecule has 0 aliphatic carbocycles. The van der Waals surface area contributed by atoms with Crippen LogP contribution in [0.4, 0.5) is 0 Å². The van der Waals surface area contributed by atoms with E-state index in [0.29, 0.717) is 37.6 Å². The molecule has 2 N–H and O–H groups in total. The van der Waals surface area contributed by atoms with Crippen molar-refractivity contribution in [1.29, 1.82) is 0 Å². The lowest BCUT2D eigenvalue weighted by Gasteiger charge is -2.31. The molecule has 156 valence electrons. The predicted molar refractivity (Wildman–Crippen MR) is 117 cm³/mol. The highest BCUT2D eigenvalue weighted by Crippen LogP contribution is 2.30. The van der Waals surface area contributed by atoms with Gasteiger partial charge in [-0.1, -0.05) is 25.5 Å². The van der Waals surface area contributed by atoms with E-state index in [1.807, 2.05) is 56.5 Å². The summed E-state index contributed by atoms with van der Waals surface area (Å²) in [5, 5.41) is 2.03. The van der Waals surface area contributed by atoms with Crippen LogP contribution in [0.3, 0.4) is 0 Å². The minimum absolute atomic E-state index is 0. The Morgan fingerprint density at radius 2 is 2.00 bits per heavy atom. The number of benzene rings is 1. The minimum Gasteiger partial charge on any atom is -0.493 e. The Bertz CT molecular complexity index is 735. The standard InChI is InChI=1S/C21H30N2O3S.ClH/c1-5-11-21(3,22)20(24)23(6-2)14-16-9-10-18(19(13-16)25-4)26-15-17-8-7-12-27-17;/h7-10,12-13H,5-6,11,14-15,22H2,1-4H3;1H. The van der Waals surface area contributed by atoms with E-state index in [4.69, 9.17) is 15.2 Å². The number of halogens is 1. The second kappa shape index (κ2) is 11.3. The van der Waals surface area contributed by atoms with Crippen LogP contribution in [0.5, 0.6) is 11.5 Å². The van der Waals surface area contributed by atoms with Crippen molar-refractivity contribution >= 4 is 29.7 Å². The monoisotopic (exact) mass is 426 g/mol. The molecule has 1 atom stereocenters. The highest BCUT2D eigenvalue weighted by Gasteiger charge is 2.31. The third-order valence-corrected chi connectivity index (χ3v) is 5.33. The van der Waals surface area contributed by atoms with Crippen LogP contribution in [-0.4, -0.2) is 30.0 Å². The fourth-order valence-corrected chi connectivity index (χ4v) is 3.62. The second-order valence-corrected chi connectivity index (χ2v) is 7.87. The molecule has 1 aromatic carbocycles. The van der Waals surface area contributed by atoms with Crippen molar-refractivity contribution in [3.8, 4) is 11.5 Å². The Morgan fingerprint density at radius 3 is 2.57 bits per heavy atom. The van der Waals surface area contributed by atoms with E-state index in [1.54, 1.807) is 23.3 Å². The van der Waals surface area contributed by atoms with Gasteiger partial charge in [-0.05, 0) is 49.4 Å². The molecule has 1 aromatic heterocycles. The summed E-state index contributed by atoms with van der Waals surface area (Å²) in [5.74, 6) is 1.33. The van der Waals surface area contributed by atoms with E-state index in [2.05, 4.69) is 0 Å². The van der Waals surface area contributed by atoms with E-state index in [1.165, 1.54) is 0 Å². The van der Waals surface area contributed by atoms with Crippen LogP contribution >= 0.6 is 23.7 Å².